The van der Waals surface area contributed by atoms with Crippen molar-refractivity contribution < 1.29 is 9.53 Å². The fraction of sp³-hybridized carbons (Fsp3) is 0.176. The molecule has 3 heteroatoms. The van der Waals surface area contributed by atoms with Gasteiger partial charge in [0.2, 0.25) is 5.78 Å². The van der Waals surface area contributed by atoms with Crippen LogP contribution in [0.3, 0.4) is 0 Å². The van der Waals surface area contributed by atoms with Crippen LogP contribution in [0.1, 0.15) is 22.8 Å². The van der Waals surface area contributed by atoms with Crippen LogP contribution >= 0.6 is 0 Å². The minimum atomic E-state index is -0.116. The van der Waals surface area contributed by atoms with Crippen molar-refractivity contribution in [3.05, 3.63) is 59.7 Å². The van der Waals surface area contributed by atoms with E-state index in [1.54, 1.807) is 24.3 Å². The van der Waals surface area contributed by atoms with E-state index in [1.165, 1.54) is 6.21 Å². The highest BCUT2D eigenvalue weighted by atomic mass is 16.5. The maximum atomic E-state index is 12.0. The number of rotatable bonds is 5. The smallest absolute Gasteiger partial charge is 0.204 e. The molecule has 2 rings (SSSR count). The Bertz CT molecular complexity index is 615. The van der Waals surface area contributed by atoms with Gasteiger partial charge >= 0.3 is 0 Å². The number of nitrogens with zero attached hydrogens (tertiary/aromatic N) is 1. The zero-order chi connectivity index (χ0) is 14.4. The molecule has 0 bridgehead atoms. The minimum absolute atomic E-state index is 0.116. The lowest BCUT2D eigenvalue weighted by atomic mass is 10.1. The van der Waals surface area contributed by atoms with Crippen LogP contribution in [-0.4, -0.2) is 18.6 Å². The fourth-order valence-corrected chi connectivity index (χ4v) is 1.80. The topological polar surface area (TPSA) is 38.7 Å². The van der Waals surface area contributed by atoms with Gasteiger partial charge in [-0.15, -0.1) is 0 Å². The molecule has 0 N–H and O–H groups in total. The number of ketones is 1. The minimum Gasteiger partial charge on any atom is -0.494 e. The number of ether oxygens (including phenoxy) is 1. The summed E-state index contributed by atoms with van der Waals surface area (Å²) in [7, 11) is 0. The molecule has 0 unspecified atom stereocenters. The van der Waals surface area contributed by atoms with Crippen LogP contribution in [0, 0.1) is 6.92 Å². The molecule has 0 fully saturated rings. The predicted octanol–water partition coefficient (Wildman–Crippen LogP) is 3.98. The van der Waals surface area contributed by atoms with E-state index < -0.39 is 0 Å². The van der Waals surface area contributed by atoms with Gasteiger partial charge in [-0.3, -0.25) is 9.79 Å². The summed E-state index contributed by atoms with van der Waals surface area (Å²) in [6, 6.07) is 14.8. The average molecular weight is 267 g/mol. The van der Waals surface area contributed by atoms with Crippen molar-refractivity contribution in [3.8, 4) is 5.75 Å². The van der Waals surface area contributed by atoms with E-state index >= 15 is 0 Å². The maximum absolute atomic E-state index is 12.0. The number of aryl methyl sites for hydroxylation is 1. The van der Waals surface area contributed by atoms with Gasteiger partial charge in [-0.25, -0.2) is 0 Å². The van der Waals surface area contributed by atoms with Gasteiger partial charge in [-0.1, -0.05) is 12.1 Å². The van der Waals surface area contributed by atoms with Crippen molar-refractivity contribution in [2.45, 2.75) is 13.8 Å². The second-order valence-corrected chi connectivity index (χ2v) is 4.42. The number of benzene rings is 2. The first kappa shape index (κ1) is 14.0. The molecule has 0 saturated carbocycles. The Kier molecular flexibility index (Phi) is 4.66. The SMILES string of the molecule is CCOc1ccc(C(=O)C=Nc2cccc(C)c2)cc1. The van der Waals surface area contributed by atoms with E-state index in [4.69, 9.17) is 4.74 Å². The fourth-order valence-electron chi connectivity index (χ4n) is 1.80. The summed E-state index contributed by atoms with van der Waals surface area (Å²) in [5.41, 5.74) is 2.50. The summed E-state index contributed by atoms with van der Waals surface area (Å²) >= 11 is 0. The second-order valence-electron chi connectivity index (χ2n) is 4.42. The van der Waals surface area contributed by atoms with Gasteiger partial charge in [0.05, 0.1) is 18.5 Å². The van der Waals surface area contributed by atoms with Crippen LogP contribution in [0.15, 0.2) is 53.5 Å². The highest BCUT2D eigenvalue weighted by Crippen LogP contribution is 2.14. The van der Waals surface area contributed by atoms with Gasteiger partial charge in [-0.2, -0.15) is 0 Å². The molecule has 0 atom stereocenters. The van der Waals surface area contributed by atoms with Crippen LogP contribution in [0.4, 0.5) is 5.69 Å². The molecule has 3 nitrogen and oxygen atoms in total. The quantitative estimate of drug-likeness (QED) is 0.607. The molecule has 0 radical (unpaired) electrons. The highest BCUT2D eigenvalue weighted by molar-refractivity contribution is 6.35. The molecule has 0 aliphatic heterocycles. The van der Waals surface area contributed by atoms with E-state index in [1.807, 2.05) is 38.1 Å². The van der Waals surface area contributed by atoms with Crippen molar-refractivity contribution in [2.24, 2.45) is 4.99 Å². The number of aliphatic imine (C=N–C) groups is 1. The summed E-state index contributed by atoms with van der Waals surface area (Å²) in [5.74, 6) is 0.647. The number of carbonyl (C=O) groups is 1. The predicted molar refractivity (Wildman–Crippen MR) is 81.3 cm³/mol. The lowest BCUT2D eigenvalue weighted by molar-refractivity contribution is 0.107. The Morgan fingerprint density at radius 1 is 1.20 bits per heavy atom. The van der Waals surface area contributed by atoms with Gasteiger partial charge in [0, 0.05) is 5.56 Å². The third kappa shape index (κ3) is 3.79. The normalized spacial score (nSPS) is 10.7. The molecule has 0 heterocycles. The zero-order valence-electron chi connectivity index (χ0n) is 11.7. The molecule has 2 aromatic rings. The van der Waals surface area contributed by atoms with Gasteiger partial charge in [0.25, 0.3) is 0 Å². The van der Waals surface area contributed by atoms with Crippen molar-refractivity contribution >= 4 is 17.7 Å². The first-order valence-corrected chi connectivity index (χ1v) is 6.57. The number of Topliss-reactive ketones (excluding diaryl/α,β-unsaturated/α-hetero) is 1. The van der Waals surface area contributed by atoms with Gasteiger partial charge in [0.1, 0.15) is 5.75 Å². The van der Waals surface area contributed by atoms with E-state index in [0.29, 0.717) is 12.2 Å². The highest BCUT2D eigenvalue weighted by Gasteiger charge is 2.02. The molecular weight excluding hydrogens is 250 g/mol. The van der Waals surface area contributed by atoms with E-state index in [-0.39, 0.29) is 5.78 Å². The van der Waals surface area contributed by atoms with Crippen molar-refractivity contribution in [2.75, 3.05) is 6.61 Å². The molecular formula is C17H17NO2. The number of hydrogen-bond donors (Lipinski definition) is 0. The standard InChI is InChI=1S/C17H17NO2/c1-3-20-16-9-7-14(8-10-16)17(19)12-18-15-6-4-5-13(2)11-15/h4-12H,3H2,1-2H3. The summed E-state index contributed by atoms with van der Waals surface area (Å²) in [6.07, 6.45) is 1.35. The third-order valence-corrected chi connectivity index (χ3v) is 2.78. The monoisotopic (exact) mass is 267 g/mol. The number of hydrogen-bond acceptors (Lipinski definition) is 3. The van der Waals surface area contributed by atoms with Crippen LogP contribution in [0.25, 0.3) is 0 Å². The third-order valence-electron chi connectivity index (χ3n) is 2.78. The van der Waals surface area contributed by atoms with Crippen molar-refractivity contribution in [1.82, 2.24) is 0 Å². The van der Waals surface area contributed by atoms with Crippen LogP contribution < -0.4 is 4.74 Å². The Balaban J connectivity index is 2.07. The summed E-state index contributed by atoms with van der Waals surface area (Å²) in [4.78, 5) is 16.2. The lowest BCUT2D eigenvalue weighted by Crippen LogP contribution is -2.00. The van der Waals surface area contributed by atoms with Crippen LogP contribution in [0.2, 0.25) is 0 Å². The first-order chi connectivity index (χ1) is 9.69. The molecule has 0 aromatic heterocycles. The molecule has 0 spiro atoms. The van der Waals surface area contributed by atoms with Gasteiger partial charge in [0.15, 0.2) is 0 Å². The largest absolute Gasteiger partial charge is 0.494 e. The first-order valence-electron chi connectivity index (χ1n) is 6.57. The van der Waals surface area contributed by atoms with Crippen LogP contribution in [-0.2, 0) is 0 Å². The van der Waals surface area contributed by atoms with Gasteiger partial charge in [-0.05, 0) is 55.8 Å². The summed E-state index contributed by atoms with van der Waals surface area (Å²) < 4.78 is 5.34. The van der Waals surface area contributed by atoms with Crippen molar-refractivity contribution in [3.63, 3.8) is 0 Å². The lowest BCUT2D eigenvalue weighted by Gasteiger charge is -2.02. The van der Waals surface area contributed by atoms with E-state index in [0.717, 1.165) is 17.0 Å². The Morgan fingerprint density at radius 3 is 2.60 bits per heavy atom. The Hall–Kier alpha value is -2.42. The zero-order valence-corrected chi connectivity index (χ0v) is 11.7. The Morgan fingerprint density at radius 2 is 1.95 bits per heavy atom. The molecule has 20 heavy (non-hydrogen) atoms. The van der Waals surface area contributed by atoms with E-state index in [9.17, 15) is 4.79 Å². The molecule has 0 amide bonds. The second kappa shape index (κ2) is 6.66. The Labute approximate surface area is 118 Å². The van der Waals surface area contributed by atoms with Gasteiger partial charge < -0.3 is 4.74 Å². The molecule has 0 aliphatic rings. The molecule has 102 valence electrons. The summed E-state index contributed by atoms with van der Waals surface area (Å²) in [5, 5.41) is 0. The number of carbonyl (C=O) groups excluding carboxylic acids is 1. The van der Waals surface area contributed by atoms with Crippen molar-refractivity contribution in [1.29, 1.82) is 0 Å². The summed E-state index contributed by atoms with van der Waals surface area (Å²) in [6.45, 7) is 4.53. The molecule has 0 saturated heterocycles. The maximum Gasteiger partial charge on any atom is 0.204 e. The molecule has 2 aromatic carbocycles. The van der Waals surface area contributed by atoms with Crippen LogP contribution in [0.5, 0.6) is 5.75 Å². The van der Waals surface area contributed by atoms with E-state index in [2.05, 4.69) is 4.99 Å². The molecule has 0 aliphatic carbocycles. The average Bonchev–Trinajstić information content (AvgIpc) is 2.46.